The van der Waals surface area contributed by atoms with Gasteiger partial charge in [0.15, 0.2) is 11.5 Å². The van der Waals surface area contributed by atoms with E-state index in [0.29, 0.717) is 16.9 Å². The predicted molar refractivity (Wildman–Crippen MR) is 86.3 cm³/mol. The van der Waals surface area contributed by atoms with E-state index < -0.39 is 0 Å². The second-order valence-corrected chi connectivity index (χ2v) is 5.68. The summed E-state index contributed by atoms with van der Waals surface area (Å²) in [5.74, 6) is -0.305. The zero-order valence-electron chi connectivity index (χ0n) is 11.8. The fraction of sp³-hybridized carbons (Fsp3) is 0.0625. The Hall–Kier alpha value is -2.73. The molecule has 3 aromatic rings. The van der Waals surface area contributed by atoms with Crippen molar-refractivity contribution in [1.82, 2.24) is 10.2 Å². The molecular weight excluding hydrogens is 298 g/mol. The average Bonchev–Trinajstić information content (AvgIpc) is 3.19. The van der Waals surface area contributed by atoms with Crippen LogP contribution in [0, 0.1) is 0 Å². The summed E-state index contributed by atoms with van der Waals surface area (Å²) in [5, 5.41) is 11.6. The lowest BCUT2D eigenvalue weighted by Gasteiger charge is -2.03. The normalized spacial score (nSPS) is 10.4. The third-order valence-corrected chi connectivity index (χ3v) is 4.05. The number of anilines is 1. The van der Waals surface area contributed by atoms with Gasteiger partial charge < -0.3 is 5.32 Å². The van der Waals surface area contributed by atoms with Crippen LogP contribution in [0.1, 0.15) is 27.8 Å². The molecule has 2 aromatic heterocycles. The van der Waals surface area contributed by atoms with Gasteiger partial charge in [-0.2, -0.15) is 5.10 Å². The van der Waals surface area contributed by atoms with E-state index in [4.69, 9.17) is 0 Å². The highest BCUT2D eigenvalue weighted by Gasteiger charge is 2.12. The van der Waals surface area contributed by atoms with Crippen molar-refractivity contribution in [2.45, 2.75) is 6.92 Å². The first-order chi connectivity index (χ1) is 10.6. The van der Waals surface area contributed by atoms with E-state index in [1.165, 1.54) is 6.92 Å². The number of H-pyrrole nitrogens is 1. The van der Waals surface area contributed by atoms with Gasteiger partial charge in [0.25, 0.3) is 5.91 Å². The molecule has 0 saturated carbocycles. The lowest BCUT2D eigenvalue weighted by Crippen LogP contribution is -2.12. The predicted octanol–water partition coefficient (Wildman–Crippen LogP) is 3.59. The quantitative estimate of drug-likeness (QED) is 0.723. The number of hydrogen-bond donors (Lipinski definition) is 2. The number of rotatable bonds is 4. The Morgan fingerprint density at radius 2 is 1.95 bits per heavy atom. The molecule has 0 spiro atoms. The summed E-state index contributed by atoms with van der Waals surface area (Å²) in [5.41, 5.74) is 2.36. The van der Waals surface area contributed by atoms with Gasteiger partial charge in [-0.05, 0) is 48.7 Å². The summed E-state index contributed by atoms with van der Waals surface area (Å²) in [6, 6.07) is 12.4. The Kier molecular flexibility index (Phi) is 3.84. The van der Waals surface area contributed by atoms with Crippen molar-refractivity contribution in [3.05, 3.63) is 59.1 Å². The zero-order valence-corrected chi connectivity index (χ0v) is 12.6. The summed E-state index contributed by atoms with van der Waals surface area (Å²) in [4.78, 5) is 24.4. The molecule has 2 N–H and O–H groups in total. The molecule has 0 fully saturated rings. The molecule has 22 heavy (non-hydrogen) atoms. The van der Waals surface area contributed by atoms with Crippen LogP contribution in [0.5, 0.6) is 0 Å². The van der Waals surface area contributed by atoms with Crippen LogP contribution in [0.3, 0.4) is 0 Å². The van der Waals surface area contributed by atoms with Gasteiger partial charge in [0, 0.05) is 11.3 Å². The van der Waals surface area contributed by atoms with Crippen LogP contribution in [-0.4, -0.2) is 21.9 Å². The maximum Gasteiger partial charge on any atom is 0.276 e. The fourth-order valence-corrected chi connectivity index (χ4v) is 2.67. The SMILES string of the molecule is CC(=O)c1ccc(NC(=O)c2cc(-c3cccs3)[nH]n2)cc1. The Balaban J connectivity index is 1.73. The maximum absolute atomic E-state index is 12.2. The summed E-state index contributed by atoms with van der Waals surface area (Å²) >= 11 is 1.57. The first-order valence-electron chi connectivity index (χ1n) is 6.65. The summed E-state index contributed by atoms with van der Waals surface area (Å²) in [7, 11) is 0. The molecule has 3 rings (SSSR count). The van der Waals surface area contributed by atoms with E-state index in [1.807, 2.05) is 17.5 Å². The lowest BCUT2D eigenvalue weighted by molar-refractivity contribution is 0.101. The monoisotopic (exact) mass is 311 g/mol. The Bertz CT molecular complexity index is 804. The zero-order chi connectivity index (χ0) is 15.5. The molecule has 0 bridgehead atoms. The molecule has 2 heterocycles. The van der Waals surface area contributed by atoms with Crippen LogP contribution in [0.15, 0.2) is 47.8 Å². The van der Waals surface area contributed by atoms with Crippen molar-refractivity contribution < 1.29 is 9.59 Å². The van der Waals surface area contributed by atoms with E-state index in [1.54, 1.807) is 41.7 Å². The van der Waals surface area contributed by atoms with Crippen molar-refractivity contribution >= 4 is 28.7 Å². The summed E-state index contributed by atoms with van der Waals surface area (Å²) in [6.45, 7) is 1.50. The number of ketones is 1. The second-order valence-electron chi connectivity index (χ2n) is 4.73. The smallest absolute Gasteiger partial charge is 0.276 e. The second kappa shape index (κ2) is 5.95. The molecule has 0 unspecified atom stereocenters. The number of nitrogens with zero attached hydrogens (tertiary/aromatic N) is 1. The number of thiophene rings is 1. The molecule has 5 nitrogen and oxygen atoms in total. The number of nitrogens with one attached hydrogen (secondary N) is 2. The number of carbonyl (C=O) groups is 2. The third-order valence-electron chi connectivity index (χ3n) is 3.15. The highest BCUT2D eigenvalue weighted by atomic mass is 32.1. The molecule has 110 valence electrons. The van der Waals surface area contributed by atoms with E-state index in [-0.39, 0.29) is 11.7 Å². The van der Waals surface area contributed by atoms with E-state index >= 15 is 0 Å². The van der Waals surface area contributed by atoms with Crippen molar-refractivity contribution in [3.63, 3.8) is 0 Å². The Morgan fingerprint density at radius 3 is 2.59 bits per heavy atom. The molecule has 0 saturated heterocycles. The highest BCUT2D eigenvalue weighted by molar-refractivity contribution is 7.13. The molecule has 6 heteroatoms. The molecule has 1 aromatic carbocycles. The molecule has 0 aliphatic carbocycles. The van der Waals surface area contributed by atoms with E-state index in [9.17, 15) is 9.59 Å². The molecule has 0 atom stereocenters. The average molecular weight is 311 g/mol. The number of benzene rings is 1. The van der Waals surface area contributed by atoms with Gasteiger partial charge in [-0.15, -0.1) is 11.3 Å². The van der Waals surface area contributed by atoms with Gasteiger partial charge in [-0.1, -0.05) is 6.07 Å². The van der Waals surface area contributed by atoms with E-state index in [2.05, 4.69) is 15.5 Å². The van der Waals surface area contributed by atoms with Gasteiger partial charge in [0.05, 0.1) is 10.6 Å². The van der Waals surface area contributed by atoms with Crippen molar-refractivity contribution in [2.75, 3.05) is 5.32 Å². The summed E-state index contributed by atoms with van der Waals surface area (Å²) in [6.07, 6.45) is 0. The van der Waals surface area contributed by atoms with Crippen LogP contribution < -0.4 is 5.32 Å². The van der Waals surface area contributed by atoms with Gasteiger partial charge >= 0.3 is 0 Å². The van der Waals surface area contributed by atoms with Gasteiger partial charge in [0.2, 0.25) is 0 Å². The van der Waals surface area contributed by atoms with Crippen LogP contribution in [-0.2, 0) is 0 Å². The molecule has 0 aliphatic heterocycles. The molecule has 1 amide bonds. The van der Waals surface area contributed by atoms with Gasteiger partial charge in [0.1, 0.15) is 0 Å². The first kappa shape index (κ1) is 14.2. The molecule has 0 aliphatic rings. The minimum Gasteiger partial charge on any atom is -0.321 e. The Morgan fingerprint density at radius 1 is 1.18 bits per heavy atom. The van der Waals surface area contributed by atoms with Crippen molar-refractivity contribution in [3.8, 4) is 10.6 Å². The lowest BCUT2D eigenvalue weighted by atomic mass is 10.1. The number of Topliss-reactive ketones (excluding diaryl/α,β-unsaturated/α-hetero) is 1. The number of aromatic nitrogens is 2. The number of hydrogen-bond acceptors (Lipinski definition) is 4. The minimum atomic E-state index is -0.297. The summed E-state index contributed by atoms with van der Waals surface area (Å²) < 4.78 is 0. The van der Waals surface area contributed by atoms with Crippen molar-refractivity contribution in [2.24, 2.45) is 0 Å². The standard InChI is InChI=1S/C16H13N3O2S/c1-10(20)11-4-6-12(7-5-11)17-16(21)14-9-13(18-19-14)15-3-2-8-22-15/h2-9H,1H3,(H,17,21)(H,18,19). The van der Waals surface area contributed by atoms with E-state index in [0.717, 1.165) is 10.6 Å². The van der Waals surface area contributed by atoms with Crippen LogP contribution in [0.2, 0.25) is 0 Å². The van der Waals surface area contributed by atoms with Crippen LogP contribution >= 0.6 is 11.3 Å². The van der Waals surface area contributed by atoms with Crippen LogP contribution in [0.4, 0.5) is 5.69 Å². The molecular formula is C16H13N3O2S. The number of aromatic amines is 1. The number of carbonyl (C=O) groups excluding carboxylic acids is 2. The topological polar surface area (TPSA) is 74.8 Å². The molecule has 0 radical (unpaired) electrons. The highest BCUT2D eigenvalue weighted by Crippen LogP contribution is 2.23. The fourth-order valence-electron chi connectivity index (χ4n) is 1.98. The van der Waals surface area contributed by atoms with Gasteiger partial charge in [-0.3, -0.25) is 14.7 Å². The van der Waals surface area contributed by atoms with Crippen molar-refractivity contribution in [1.29, 1.82) is 0 Å². The minimum absolute atomic E-state index is 0.00855. The van der Waals surface area contributed by atoms with Gasteiger partial charge in [-0.25, -0.2) is 0 Å². The third kappa shape index (κ3) is 2.96. The Labute approximate surface area is 131 Å². The maximum atomic E-state index is 12.2. The van der Waals surface area contributed by atoms with Crippen LogP contribution in [0.25, 0.3) is 10.6 Å². The number of amides is 1. The largest absolute Gasteiger partial charge is 0.321 e. The first-order valence-corrected chi connectivity index (χ1v) is 7.53.